The van der Waals surface area contributed by atoms with Crippen molar-refractivity contribution >= 4 is 17.7 Å². The lowest BCUT2D eigenvalue weighted by Crippen LogP contribution is -2.41. The van der Waals surface area contributed by atoms with Crippen LogP contribution in [0.15, 0.2) is 29.3 Å². The molecule has 25 heavy (non-hydrogen) atoms. The van der Waals surface area contributed by atoms with Gasteiger partial charge in [0.25, 0.3) is 0 Å². The normalized spacial score (nSPS) is 16.0. The van der Waals surface area contributed by atoms with Crippen LogP contribution in [0.2, 0.25) is 0 Å². The molecule has 0 spiro atoms. The zero-order valence-electron chi connectivity index (χ0n) is 15.3. The van der Waals surface area contributed by atoms with Crippen LogP contribution in [0, 0.1) is 11.7 Å². The fourth-order valence-corrected chi connectivity index (χ4v) is 3.78. The Bertz CT molecular complexity index is 535. The van der Waals surface area contributed by atoms with Gasteiger partial charge < -0.3 is 15.0 Å². The molecule has 4 nitrogen and oxygen atoms in total. The van der Waals surface area contributed by atoms with Gasteiger partial charge in [-0.05, 0) is 36.8 Å². The Hall–Kier alpha value is -1.27. The summed E-state index contributed by atoms with van der Waals surface area (Å²) in [4.78, 5) is 6.55. The van der Waals surface area contributed by atoms with E-state index in [1.54, 1.807) is 17.8 Å². The Kier molecular flexibility index (Phi) is 9.11. The van der Waals surface area contributed by atoms with Crippen molar-refractivity contribution in [1.29, 1.82) is 0 Å². The van der Waals surface area contributed by atoms with Gasteiger partial charge >= 0.3 is 0 Å². The molecule has 1 N–H and O–H groups in total. The van der Waals surface area contributed by atoms with E-state index in [-0.39, 0.29) is 5.82 Å². The van der Waals surface area contributed by atoms with Crippen LogP contribution >= 0.6 is 11.8 Å². The molecule has 1 saturated heterocycles. The first kappa shape index (κ1) is 20.0. The third-order valence-corrected chi connectivity index (χ3v) is 5.54. The monoisotopic (exact) mass is 367 g/mol. The molecular formula is C19H30FN3OS. The molecule has 0 saturated carbocycles. The number of hydrogen-bond acceptors (Lipinski definition) is 3. The summed E-state index contributed by atoms with van der Waals surface area (Å²) in [6, 6.07) is 6.97. The summed E-state index contributed by atoms with van der Waals surface area (Å²) >= 11 is 1.73. The minimum absolute atomic E-state index is 0.119. The zero-order chi connectivity index (χ0) is 17.9. The van der Waals surface area contributed by atoms with Crippen LogP contribution in [0.3, 0.4) is 0 Å². The summed E-state index contributed by atoms with van der Waals surface area (Å²) in [7, 11) is 3.90. The minimum Gasteiger partial charge on any atom is -0.381 e. The van der Waals surface area contributed by atoms with Gasteiger partial charge in [-0.2, -0.15) is 11.8 Å². The number of aliphatic imine (C=N–C) groups is 1. The van der Waals surface area contributed by atoms with Gasteiger partial charge in [0.1, 0.15) is 5.82 Å². The number of hydrogen-bond donors (Lipinski definition) is 1. The van der Waals surface area contributed by atoms with Gasteiger partial charge in [-0.3, -0.25) is 4.99 Å². The topological polar surface area (TPSA) is 36.9 Å². The van der Waals surface area contributed by atoms with Crippen molar-refractivity contribution in [2.45, 2.75) is 25.0 Å². The Morgan fingerprint density at radius 2 is 2.12 bits per heavy atom. The Morgan fingerprint density at radius 3 is 2.84 bits per heavy atom. The minimum atomic E-state index is -0.119. The van der Waals surface area contributed by atoms with Crippen molar-refractivity contribution in [3.05, 3.63) is 35.6 Å². The molecule has 0 amide bonds. The second kappa shape index (κ2) is 11.4. The van der Waals surface area contributed by atoms with E-state index in [0.29, 0.717) is 5.75 Å². The van der Waals surface area contributed by atoms with Crippen LogP contribution in [-0.2, 0) is 10.5 Å². The molecule has 1 aliphatic heterocycles. The van der Waals surface area contributed by atoms with Crippen LogP contribution in [0.4, 0.5) is 4.39 Å². The highest BCUT2D eigenvalue weighted by atomic mass is 32.2. The summed E-state index contributed by atoms with van der Waals surface area (Å²) in [5.41, 5.74) is 0.769. The highest BCUT2D eigenvalue weighted by Crippen LogP contribution is 2.18. The maximum atomic E-state index is 13.6. The quantitative estimate of drug-likeness (QED) is 0.434. The lowest BCUT2D eigenvalue weighted by Gasteiger charge is -2.26. The van der Waals surface area contributed by atoms with Gasteiger partial charge in [-0.1, -0.05) is 18.2 Å². The number of benzene rings is 1. The number of ether oxygens (including phenoxy) is 1. The smallest absolute Gasteiger partial charge is 0.193 e. The van der Waals surface area contributed by atoms with Crippen molar-refractivity contribution in [3.63, 3.8) is 0 Å². The highest BCUT2D eigenvalue weighted by molar-refractivity contribution is 7.98. The van der Waals surface area contributed by atoms with Gasteiger partial charge in [-0.15, -0.1) is 0 Å². The number of guanidine groups is 1. The predicted molar refractivity (Wildman–Crippen MR) is 105 cm³/mol. The molecule has 1 fully saturated rings. The lowest BCUT2D eigenvalue weighted by atomic mass is 9.96. The van der Waals surface area contributed by atoms with E-state index in [0.717, 1.165) is 49.5 Å². The van der Waals surface area contributed by atoms with E-state index in [2.05, 4.69) is 22.3 Å². The molecule has 1 aromatic rings. The van der Waals surface area contributed by atoms with Gasteiger partial charge in [0, 0.05) is 51.9 Å². The fraction of sp³-hybridized carbons (Fsp3) is 0.632. The van der Waals surface area contributed by atoms with E-state index in [4.69, 9.17) is 4.74 Å². The first-order chi connectivity index (χ1) is 12.2. The van der Waals surface area contributed by atoms with Gasteiger partial charge in [0.15, 0.2) is 5.96 Å². The zero-order valence-corrected chi connectivity index (χ0v) is 16.2. The first-order valence-corrected chi connectivity index (χ1v) is 10.2. The summed E-state index contributed by atoms with van der Waals surface area (Å²) in [6.07, 6.45) is 3.53. The average Bonchev–Trinajstić information content (AvgIpc) is 2.65. The molecule has 0 atom stereocenters. The third kappa shape index (κ3) is 7.24. The first-order valence-electron chi connectivity index (χ1n) is 9.01. The second-order valence-corrected chi connectivity index (χ2v) is 7.49. The maximum absolute atomic E-state index is 13.6. The average molecular weight is 368 g/mol. The number of thioether (sulfide) groups is 1. The lowest BCUT2D eigenvalue weighted by molar-refractivity contribution is 0.0625. The molecule has 6 heteroatoms. The maximum Gasteiger partial charge on any atom is 0.193 e. The van der Waals surface area contributed by atoms with Crippen LogP contribution in [0.1, 0.15) is 24.8 Å². The molecular weight excluding hydrogens is 337 g/mol. The number of nitrogens with zero attached hydrogens (tertiary/aromatic N) is 2. The molecule has 1 aliphatic rings. The van der Waals surface area contributed by atoms with E-state index in [9.17, 15) is 4.39 Å². The van der Waals surface area contributed by atoms with Gasteiger partial charge in [0.05, 0.1) is 0 Å². The molecule has 2 rings (SSSR count). The molecule has 1 heterocycles. The molecule has 140 valence electrons. The highest BCUT2D eigenvalue weighted by Gasteiger charge is 2.15. The van der Waals surface area contributed by atoms with Crippen LogP contribution < -0.4 is 5.32 Å². The Balaban J connectivity index is 1.61. The Morgan fingerprint density at radius 1 is 1.36 bits per heavy atom. The number of rotatable bonds is 8. The Labute approximate surface area is 155 Å². The summed E-state index contributed by atoms with van der Waals surface area (Å²) in [5.74, 6) is 3.20. The summed E-state index contributed by atoms with van der Waals surface area (Å²) in [5, 5.41) is 3.39. The van der Waals surface area contributed by atoms with E-state index in [1.165, 1.54) is 25.3 Å². The summed E-state index contributed by atoms with van der Waals surface area (Å²) < 4.78 is 19.0. The van der Waals surface area contributed by atoms with E-state index in [1.807, 2.05) is 19.2 Å². The molecule has 0 aliphatic carbocycles. The second-order valence-electron chi connectivity index (χ2n) is 6.38. The standard InChI is InChI=1S/C19H30FN3OS/c1-21-19(23(2)11-7-16-8-12-24-13-9-16)22-10-14-25-15-17-5-3-4-6-18(17)20/h3-6,16H,7-15H2,1-2H3,(H,21,22). The van der Waals surface area contributed by atoms with Crippen LogP contribution in [0.25, 0.3) is 0 Å². The van der Waals surface area contributed by atoms with Crippen molar-refractivity contribution in [2.24, 2.45) is 10.9 Å². The van der Waals surface area contributed by atoms with Crippen LogP contribution in [0.5, 0.6) is 0 Å². The molecule has 1 aromatic carbocycles. The largest absolute Gasteiger partial charge is 0.381 e. The van der Waals surface area contributed by atoms with Gasteiger partial charge in [-0.25, -0.2) is 4.39 Å². The molecule has 0 bridgehead atoms. The number of nitrogens with one attached hydrogen (secondary N) is 1. The fourth-order valence-electron chi connectivity index (χ4n) is 2.93. The molecule has 0 unspecified atom stereocenters. The predicted octanol–water partition coefficient (Wildman–Crippen LogP) is 3.38. The van der Waals surface area contributed by atoms with Crippen molar-refractivity contribution in [1.82, 2.24) is 10.2 Å². The van der Waals surface area contributed by atoms with E-state index >= 15 is 0 Å². The SMILES string of the molecule is CN=C(NCCSCc1ccccc1F)N(C)CCC1CCOCC1. The third-order valence-electron chi connectivity index (χ3n) is 4.53. The molecule has 0 aromatic heterocycles. The van der Waals surface area contributed by atoms with Crippen molar-refractivity contribution in [2.75, 3.05) is 46.2 Å². The number of halogens is 1. The van der Waals surface area contributed by atoms with Crippen molar-refractivity contribution < 1.29 is 9.13 Å². The van der Waals surface area contributed by atoms with Crippen molar-refractivity contribution in [3.8, 4) is 0 Å². The van der Waals surface area contributed by atoms with Crippen LogP contribution in [-0.4, -0.2) is 57.0 Å². The molecule has 0 radical (unpaired) electrons. The van der Waals surface area contributed by atoms with Gasteiger partial charge in [0.2, 0.25) is 0 Å². The summed E-state index contributed by atoms with van der Waals surface area (Å²) in [6.45, 7) is 3.64. The van der Waals surface area contributed by atoms with E-state index < -0.39 is 0 Å².